The largest absolute Gasteiger partial charge is 0.458 e. The van der Waals surface area contributed by atoms with Gasteiger partial charge in [0.05, 0.1) is 6.61 Å². The summed E-state index contributed by atoms with van der Waals surface area (Å²) in [6, 6.07) is 0. The Kier molecular flexibility index (Phi) is 6.38. The molecule has 0 unspecified atom stereocenters. The summed E-state index contributed by atoms with van der Waals surface area (Å²) in [4.78, 5) is 10.6. The van der Waals surface area contributed by atoms with E-state index in [0.717, 1.165) is 12.2 Å². The minimum atomic E-state index is -0.190. The highest BCUT2D eigenvalue weighted by molar-refractivity contribution is 8.13. The zero-order valence-electron chi connectivity index (χ0n) is 6.13. The molecule has 0 amide bonds. The lowest BCUT2D eigenvalue weighted by Gasteiger charge is -1.97. The third kappa shape index (κ3) is 5.69. The van der Waals surface area contributed by atoms with E-state index < -0.39 is 0 Å². The molecule has 0 bridgehead atoms. The van der Waals surface area contributed by atoms with E-state index in [-0.39, 0.29) is 5.30 Å². The van der Waals surface area contributed by atoms with Gasteiger partial charge >= 0.3 is 5.30 Å². The van der Waals surface area contributed by atoms with Crippen molar-refractivity contribution in [3.8, 4) is 0 Å². The van der Waals surface area contributed by atoms with Crippen LogP contribution >= 0.6 is 11.8 Å². The monoisotopic (exact) mass is 160 g/mol. The van der Waals surface area contributed by atoms with Crippen molar-refractivity contribution in [3.63, 3.8) is 0 Å². The van der Waals surface area contributed by atoms with Crippen LogP contribution in [0.15, 0.2) is 12.7 Å². The molecule has 0 saturated carbocycles. The fourth-order valence-corrected chi connectivity index (χ4v) is 1.04. The van der Waals surface area contributed by atoms with Gasteiger partial charge in [-0.3, -0.25) is 0 Å². The summed E-state index contributed by atoms with van der Waals surface area (Å²) in [6.07, 6.45) is 2.63. The Morgan fingerprint density at radius 2 is 2.50 bits per heavy atom. The van der Waals surface area contributed by atoms with Crippen LogP contribution in [-0.2, 0) is 4.74 Å². The number of hydrogen-bond acceptors (Lipinski definition) is 3. The molecule has 0 aliphatic rings. The Hall–Kier alpha value is -0.440. The van der Waals surface area contributed by atoms with Crippen LogP contribution in [0.2, 0.25) is 0 Å². The maximum atomic E-state index is 10.6. The fraction of sp³-hybridized carbons (Fsp3) is 0.571. The van der Waals surface area contributed by atoms with Crippen molar-refractivity contribution in [2.75, 3.05) is 12.4 Å². The molecular formula is C7H12O2S. The lowest BCUT2D eigenvalue weighted by atomic mass is 10.5. The zero-order valence-corrected chi connectivity index (χ0v) is 6.95. The minimum absolute atomic E-state index is 0.190. The smallest absolute Gasteiger partial charge is 0.367 e. The third-order valence-electron chi connectivity index (χ3n) is 0.804. The molecule has 0 N–H and O–H groups in total. The minimum Gasteiger partial charge on any atom is -0.458 e. The van der Waals surface area contributed by atoms with E-state index in [9.17, 15) is 4.79 Å². The molecule has 0 saturated heterocycles. The summed E-state index contributed by atoms with van der Waals surface area (Å²) in [7, 11) is 0. The van der Waals surface area contributed by atoms with Crippen molar-refractivity contribution < 1.29 is 9.53 Å². The van der Waals surface area contributed by atoms with Crippen LogP contribution in [-0.4, -0.2) is 17.7 Å². The number of rotatable bonds is 4. The molecule has 0 rings (SSSR count). The SMILES string of the molecule is C=CCCSC(=O)OCC. The topological polar surface area (TPSA) is 26.3 Å². The molecule has 0 aliphatic carbocycles. The third-order valence-corrected chi connectivity index (χ3v) is 1.60. The summed E-state index contributed by atoms with van der Waals surface area (Å²) < 4.78 is 4.68. The highest BCUT2D eigenvalue weighted by Gasteiger charge is 1.98. The first kappa shape index (κ1) is 9.56. The summed E-state index contributed by atoms with van der Waals surface area (Å²) in [5.74, 6) is 0.766. The molecule has 0 fully saturated rings. The van der Waals surface area contributed by atoms with Gasteiger partial charge in [-0.2, -0.15) is 0 Å². The van der Waals surface area contributed by atoms with Gasteiger partial charge in [0.2, 0.25) is 0 Å². The molecule has 10 heavy (non-hydrogen) atoms. The van der Waals surface area contributed by atoms with Gasteiger partial charge in [0.25, 0.3) is 0 Å². The molecule has 0 heterocycles. The summed E-state index contributed by atoms with van der Waals surface area (Å²) in [5, 5.41) is -0.190. The Morgan fingerprint density at radius 1 is 1.80 bits per heavy atom. The van der Waals surface area contributed by atoms with E-state index in [1.165, 1.54) is 11.8 Å². The van der Waals surface area contributed by atoms with Gasteiger partial charge in [0, 0.05) is 5.75 Å². The quantitative estimate of drug-likeness (QED) is 0.359. The molecule has 0 aromatic carbocycles. The number of thioether (sulfide) groups is 1. The number of allylic oxidation sites excluding steroid dienone is 1. The average molecular weight is 160 g/mol. The highest BCUT2D eigenvalue weighted by Crippen LogP contribution is 2.06. The number of hydrogen-bond donors (Lipinski definition) is 0. The first-order valence-electron chi connectivity index (χ1n) is 3.21. The average Bonchev–Trinajstić information content (AvgIpc) is 1.89. The van der Waals surface area contributed by atoms with Crippen LogP contribution in [0.4, 0.5) is 4.79 Å². The van der Waals surface area contributed by atoms with Gasteiger partial charge < -0.3 is 4.74 Å². The number of ether oxygens (including phenoxy) is 1. The molecule has 2 nitrogen and oxygen atoms in total. The molecule has 0 aromatic rings. The van der Waals surface area contributed by atoms with Crippen LogP contribution < -0.4 is 0 Å². The molecule has 0 atom stereocenters. The van der Waals surface area contributed by atoms with Crippen LogP contribution in [0.5, 0.6) is 0 Å². The van der Waals surface area contributed by atoms with Crippen molar-refractivity contribution in [2.24, 2.45) is 0 Å². The van der Waals surface area contributed by atoms with Gasteiger partial charge in [-0.25, -0.2) is 4.79 Å². The molecular weight excluding hydrogens is 148 g/mol. The highest BCUT2D eigenvalue weighted by atomic mass is 32.2. The Morgan fingerprint density at radius 3 is 3.00 bits per heavy atom. The van der Waals surface area contributed by atoms with Gasteiger partial charge in [0.15, 0.2) is 0 Å². The molecule has 0 radical (unpaired) electrons. The maximum absolute atomic E-state index is 10.6. The van der Waals surface area contributed by atoms with Crippen LogP contribution in [0.1, 0.15) is 13.3 Å². The van der Waals surface area contributed by atoms with Gasteiger partial charge in [-0.05, 0) is 25.1 Å². The summed E-state index contributed by atoms with van der Waals surface area (Å²) in [6.45, 7) is 5.79. The van der Waals surface area contributed by atoms with E-state index in [1.807, 2.05) is 0 Å². The normalized spacial score (nSPS) is 8.90. The van der Waals surface area contributed by atoms with E-state index in [1.54, 1.807) is 13.0 Å². The maximum Gasteiger partial charge on any atom is 0.367 e. The van der Waals surface area contributed by atoms with Crippen molar-refractivity contribution in [1.29, 1.82) is 0 Å². The number of carbonyl (C=O) groups excluding carboxylic acids is 1. The van der Waals surface area contributed by atoms with Crippen molar-refractivity contribution in [3.05, 3.63) is 12.7 Å². The predicted molar refractivity (Wildman–Crippen MR) is 44.3 cm³/mol. The van der Waals surface area contributed by atoms with Crippen LogP contribution in [0, 0.1) is 0 Å². The van der Waals surface area contributed by atoms with E-state index in [4.69, 9.17) is 0 Å². The second-order valence-electron chi connectivity index (χ2n) is 1.61. The predicted octanol–water partition coefficient (Wildman–Crippen LogP) is 2.45. The molecule has 0 aromatic heterocycles. The number of carbonyl (C=O) groups is 1. The second kappa shape index (κ2) is 6.68. The Balaban J connectivity index is 3.13. The van der Waals surface area contributed by atoms with Crippen LogP contribution in [0.25, 0.3) is 0 Å². The molecule has 0 spiro atoms. The molecule has 58 valence electrons. The van der Waals surface area contributed by atoms with Crippen molar-refractivity contribution in [1.82, 2.24) is 0 Å². The first-order valence-corrected chi connectivity index (χ1v) is 4.20. The van der Waals surface area contributed by atoms with Gasteiger partial charge in [0.1, 0.15) is 0 Å². The zero-order chi connectivity index (χ0) is 7.82. The van der Waals surface area contributed by atoms with E-state index in [2.05, 4.69) is 11.3 Å². The lowest BCUT2D eigenvalue weighted by Crippen LogP contribution is -1.96. The summed E-state index contributed by atoms with van der Waals surface area (Å²) in [5.41, 5.74) is 0. The Labute approximate surface area is 65.6 Å². The summed E-state index contributed by atoms with van der Waals surface area (Å²) >= 11 is 1.19. The van der Waals surface area contributed by atoms with Gasteiger partial charge in [-0.1, -0.05) is 6.08 Å². The van der Waals surface area contributed by atoms with Crippen molar-refractivity contribution >= 4 is 17.1 Å². The van der Waals surface area contributed by atoms with E-state index >= 15 is 0 Å². The molecule has 0 aliphatic heterocycles. The van der Waals surface area contributed by atoms with Gasteiger partial charge in [-0.15, -0.1) is 6.58 Å². The van der Waals surface area contributed by atoms with Crippen LogP contribution in [0.3, 0.4) is 0 Å². The van der Waals surface area contributed by atoms with E-state index in [0.29, 0.717) is 6.61 Å². The second-order valence-corrected chi connectivity index (χ2v) is 2.64. The standard InChI is InChI=1S/C7H12O2S/c1-3-5-6-10-7(8)9-4-2/h3H,1,4-6H2,2H3. The molecule has 3 heteroatoms. The lowest BCUT2D eigenvalue weighted by molar-refractivity contribution is 0.181. The van der Waals surface area contributed by atoms with Crippen molar-refractivity contribution in [2.45, 2.75) is 13.3 Å². The fourth-order valence-electron chi connectivity index (χ4n) is 0.385. The Bertz CT molecular complexity index is 112. The first-order chi connectivity index (χ1) is 4.81.